The van der Waals surface area contributed by atoms with Gasteiger partial charge >= 0.3 is 23.9 Å². The Bertz CT molecular complexity index is 4530. The van der Waals surface area contributed by atoms with E-state index in [-0.39, 0.29) is 64.6 Å². The molecule has 22 nitrogen and oxygen atoms in total. The van der Waals surface area contributed by atoms with Gasteiger partial charge in [-0.05, 0) is 224 Å². The van der Waals surface area contributed by atoms with Gasteiger partial charge in [0.25, 0.3) is 0 Å². The summed E-state index contributed by atoms with van der Waals surface area (Å²) in [6.07, 6.45) is -2.72. The number of carboxylic acid groups (broad SMARTS) is 4. The first kappa shape index (κ1) is 69.2. The van der Waals surface area contributed by atoms with Crippen molar-refractivity contribution in [1.29, 1.82) is 0 Å². The number of aryl methyl sites for hydroxylation is 5. The van der Waals surface area contributed by atoms with Crippen molar-refractivity contribution in [2.45, 2.75) is 159 Å². The number of rotatable bonds is 22. The molecule has 0 amide bonds. The number of hydrogen-bond donors (Lipinski definition) is 13. The molecule has 0 saturated heterocycles. The number of H-pyrrole nitrogens is 4. The normalized spacial score (nSPS) is 14.6. The van der Waals surface area contributed by atoms with Gasteiger partial charge in [0.1, 0.15) is 0 Å². The van der Waals surface area contributed by atoms with Crippen LogP contribution in [0.3, 0.4) is 0 Å². The Morgan fingerprint density at radius 2 is 0.734 bits per heavy atom. The largest absolute Gasteiger partial charge is 0.481 e. The standard InChI is InChI=1S/C68H74N8O11.C4H11NO2/c1-29-41(13-17-61(79)80)53-28-56-44(16-20-64(85)86)32(4)48(72-56)24-59-68(36(8)52(76-59)25-58-65(37(9)77)33(5)49(73-58)21-45(29)69-53)40(12)87-39(11)67-35(7)50-22-46-30(2)42(14-18-62(81)82)54(70-46)27-55-43(15-19-63(83)84)31(3)47(71-55)23-57-66(38(10)78)34(6)51(74-57)26-60(67)75-50;6-3-1-5-2-4-7/h21-28,37-40,72,74-78H,13-20H2,1-12H3,(H,79,80)(H,81,82)(H,83,84)(H,85,86);5-7H,1-4H2. The van der Waals surface area contributed by atoms with E-state index in [2.05, 4.69) is 25.3 Å². The monoisotopic (exact) mass is 1280 g/mol. The number of aromatic amines is 4. The molecule has 4 atom stereocenters. The minimum absolute atomic E-state index is 0.129. The summed E-state index contributed by atoms with van der Waals surface area (Å²) < 4.78 is 7.28. The van der Waals surface area contributed by atoms with Crippen LogP contribution in [-0.2, 0) is 30.3 Å². The van der Waals surface area contributed by atoms with Gasteiger partial charge in [0, 0.05) is 105 Å². The summed E-state index contributed by atoms with van der Waals surface area (Å²) in [5.74, 6) is -3.82. The molecule has 4 aliphatic rings. The fraction of sp³-hybridized carbons (Fsp3) is 0.389. The SMILES string of the molecule is CC1=C(CCC(=O)O)c2cc3nc(cc4[nH]c(cc5[nH]c(cc1n2)c(C)c5C(C)OC(C)c1c(C)c2cc5nc(cc6nc(cc7[nH]c(cc1[nH]2)c(C)c7CCC(=O)O)C(CCC(=O)O)=C6C)C(C)=C5C(C)O)c(C)c4C(C)O)C(C)=C3CCC(=O)O.OCCNCCO. The maximum atomic E-state index is 12.2. The lowest BCUT2D eigenvalue weighted by atomic mass is 9.98. The average Bonchev–Trinajstić information content (AvgIpc) is 1.64. The summed E-state index contributed by atoms with van der Waals surface area (Å²) in [4.78, 5) is 83.1. The number of nitrogens with zero attached hydrogens (tertiary/aromatic N) is 4. The first-order valence-electron chi connectivity index (χ1n) is 31.7. The van der Waals surface area contributed by atoms with E-state index in [1.54, 1.807) is 13.8 Å². The Balaban J connectivity index is 0.00000141. The molecule has 16 bridgehead atoms. The molecule has 10 heterocycles. The van der Waals surface area contributed by atoms with E-state index >= 15 is 0 Å². The molecule has 0 saturated carbocycles. The summed E-state index contributed by atoms with van der Waals surface area (Å²) in [7, 11) is 0. The molecule has 94 heavy (non-hydrogen) atoms. The zero-order valence-electron chi connectivity index (χ0n) is 55.3. The Kier molecular flexibility index (Phi) is 21.3. The van der Waals surface area contributed by atoms with Gasteiger partial charge in [0.15, 0.2) is 0 Å². The first-order chi connectivity index (χ1) is 44.6. The molecule has 4 aliphatic heterocycles. The fourth-order valence-electron chi connectivity index (χ4n) is 13.3. The third kappa shape index (κ3) is 14.6. The molecule has 0 aliphatic carbocycles. The number of carbonyl (C=O) groups is 4. The number of carboxylic acids is 4. The van der Waals surface area contributed by atoms with Gasteiger partial charge in [-0.1, -0.05) is 0 Å². The van der Waals surface area contributed by atoms with Gasteiger partial charge in [-0.25, -0.2) is 19.9 Å². The number of aromatic nitrogens is 8. The smallest absolute Gasteiger partial charge is 0.303 e. The van der Waals surface area contributed by atoms with E-state index in [0.717, 1.165) is 83.5 Å². The Labute approximate surface area is 544 Å². The Hall–Kier alpha value is -9.16. The van der Waals surface area contributed by atoms with Crippen LogP contribution < -0.4 is 5.32 Å². The second kappa shape index (κ2) is 29.0. The van der Waals surface area contributed by atoms with Crippen molar-refractivity contribution < 1.29 is 64.8 Å². The van der Waals surface area contributed by atoms with Crippen LogP contribution in [0.4, 0.5) is 0 Å². The molecule has 6 aromatic heterocycles. The summed E-state index contributed by atoms with van der Waals surface area (Å²) >= 11 is 0. The van der Waals surface area contributed by atoms with Gasteiger partial charge in [0.05, 0.1) is 83.2 Å². The lowest BCUT2D eigenvalue weighted by molar-refractivity contribution is -0.137. The third-order valence-corrected chi connectivity index (χ3v) is 18.3. The van der Waals surface area contributed by atoms with Crippen LogP contribution in [0.1, 0.15) is 209 Å². The molecule has 0 fully saturated rings. The lowest BCUT2D eigenvalue weighted by Gasteiger charge is -2.20. The van der Waals surface area contributed by atoms with Crippen molar-refractivity contribution in [2.75, 3.05) is 26.3 Å². The highest BCUT2D eigenvalue weighted by atomic mass is 16.5. The molecule has 10 rings (SSSR count). The summed E-state index contributed by atoms with van der Waals surface area (Å²) in [5.41, 5.74) is 22.5. The number of allylic oxidation sites excluding steroid dienone is 7. The zero-order chi connectivity index (χ0) is 68.3. The van der Waals surface area contributed by atoms with E-state index in [4.69, 9.17) is 34.9 Å². The quantitative estimate of drug-likeness (QED) is 0.0281. The Morgan fingerprint density at radius 1 is 0.404 bits per heavy atom. The van der Waals surface area contributed by atoms with Crippen LogP contribution >= 0.6 is 0 Å². The maximum absolute atomic E-state index is 12.2. The van der Waals surface area contributed by atoms with E-state index < -0.39 is 48.3 Å². The molecule has 0 radical (unpaired) electrons. The van der Waals surface area contributed by atoms with Gasteiger partial charge < -0.3 is 70.8 Å². The molecular formula is C72H85N9O13. The van der Waals surface area contributed by atoms with E-state index in [1.807, 2.05) is 118 Å². The molecule has 0 aromatic carbocycles. The van der Waals surface area contributed by atoms with E-state index in [1.165, 1.54) is 0 Å². The van der Waals surface area contributed by atoms with Gasteiger partial charge in [-0.3, -0.25) is 19.2 Å². The molecule has 13 N–H and O–H groups in total. The van der Waals surface area contributed by atoms with Crippen LogP contribution in [0.2, 0.25) is 0 Å². The van der Waals surface area contributed by atoms with Crippen LogP contribution in [-0.4, -0.2) is 137 Å². The minimum Gasteiger partial charge on any atom is -0.481 e. The first-order valence-corrected chi connectivity index (χ1v) is 31.7. The number of ether oxygens (including phenoxy) is 1. The van der Waals surface area contributed by atoms with Crippen molar-refractivity contribution in [3.63, 3.8) is 0 Å². The average molecular weight is 1280 g/mol. The second-order valence-electron chi connectivity index (χ2n) is 24.6. The molecular weight excluding hydrogens is 1200 g/mol. The summed E-state index contributed by atoms with van der Waals surface area (Å²) in [6, 6.07) is 15.3. The molecule has 0 spiro atoms. The van der Waals surface area contributed by atoms with Crippen molar-refractivity contribution in [3.05, 3.63) is 139 Å². The zero-order valence-corrected chi connectivity index (χ0v) is 55.3. The van der Waals surface area contributed by atoms with Gasteiger partial charge in [-0.15, -0.1) is 0 Å². The molecule has 6 aromatic rings. The van der Waals surface area contributed by atoms with Crippen LogP contribution in [0.25, 0.3) is 88.7 Å². The van der Waals surface area contributed by atoms with E-state index in [9.17, 15) is 49.8 Å². The molecule has 22 heteroatoms. The fourth-order valence-corrected chi connectivity index (χ4v) is 13.3. The van der Waals surface area contributed by atoms with Crippen molar-refractivity contribution in [2.24, 2.45) is 0 Å². The molecule has 496 valence electrons. The van der Waals surface area contributed by atoms with Crippen molar-refractivity contribution in [1.82, 2.24) is 45.2 Å². The lowest BCUT2D eigenvalue weighted by Crippen LogP contribution is -2.21. The summed E-state index contributed by atoms with van der Waals surface area (Å²) in [5, 5.41) is 81.3. The highest BCUT2D eigenvalue weighted by Gasteiger charge is 2.29. The van der Waals surface area contributed by atoms with Crippen LogP contribution in [0.5, 0.6) is 0 Å². The maximum Gasteiger partial charge on any atom is 0.303 e. The second-order valence-corrected chi connectivity index (χ2v) is 24.6. The van der Waals surface area contributed by atoms with Gasteiger partial charge in [-0.2, -0.15) is 0 Å². The van der Waals surface area contributed by atoms with Crippen LogP contribution in [0, 0.1) is 27.7 Å². The van der Waals surface area contributed by atoms with Crippen LogP contribution in [0.15, 0.2) is 48.5 Å². The molecule has 4 unspecified atom stereocenters. The number of aliphatic hydroxyl groups is 4. The van der Waals surface area contributed by atoms with Crippen molar-refractivity contribution in [3.8, 4) is 0 Å². The minimum atomic E-state index is -0.962. The Morgan fingerprint density at radius 3 is 1.17 bits per heavy atom. The topological polar surface area (TPSA) is 366 Å². The highest BCUT2D eigenvalue weighted by molar-refractivity contribution is 5.99. The number of hydrogen-bond acceptors (Lipinski definition) is 14. The van der Waals surface area contributed by atoms with Crippen molar-refractivity contribution >= 4 is 113 Å². The third-order valence-electron chi connectivity index (χ3n) is 18.3. The highest BCUT2D eigenvalue weighted by Crippen LogP contribution is 2.43. The predicted molar refractivity (Wildman–Crippen MR) is 365 cm³/mol. The van der Waals surface area contributed by atoms with E-state index in [0.29, 0.717) is 108 Å². The predicted octanol–water partition coefficient (Wildman–Crippen LogP) is 12.3. The number of aliphatic hydroxyl groups excluding tert-OH is 4. The summed E-state index contributed by atoms with van der Waals surface area (Å²) in [6.45, 7) is 24.4. The van der Waals surface area contributed by atoms with Gasteiger partial charge in [0.2, 0.25) is 0 Å². The number of fused-ring (bicyclic) bond motifs is 16. The number of nitrogens with one attached hydrogen (secondary N) is 5. The number of aliphatic carboxylic acids is 4.